The number of fused-ring (bicyclic) bond motifs is 3. The largest absolute Gasteiger partial charge is 0.349 e. The molecule has 2 bridgehead atoms. The first-order chi connectivity index (χ1) is 8.93. The lowest BCUT2D eigenvalue weighted by molar-refractivity contribution is -0.147. The van der Waals surface area contributed by atoms with Crippen LogP contribution in [0.3, 0.4) is 0 Å². The molecule has 3 rings (SSSR count). The maximum Gasteiger partial charge on any atom is 0.226 e. The van der Waals surface area contributed by atoms with Gasteiger partial charge in [-0.2, -0.15) is 0 Å². The van der Waals surface area contributed by atoms with Crippen molar-refractivity contribution in [2.45, 2.75) is 19.3 Å². The van der Waals surface area contributed by atoms with Crippen molar-refractivity contribution in [2.75, 3.05) is 28.2 Å². The van der Waals surface area contributed by atoms with Gasteiger partial charge in [0.05, 0.1) is 11.8 Å². The van der Waals surface area contributed by atoms with E-state index < -0.39 is 0 Å². The number of allylic oxidation sites excluding steroid dienone is 2. The molecular weight excluding hydrogens is 240 g/mol. The Bertz CT molecular complexity index is 365. The molecule has 0 aromatic carbocycles. The Hall–Kier alpha value is -1.32. The maximum atomic E-state index is 12.5. The molecule has 19 heavy (non-hydrogen) atoms. The van der Waals surface area contributed by atoms with Crippen molar-refractivity contribution in [1.29, 1.82) is 0 Å². The van der Waals surface area contributed by atoms with Crippen molar-refractivity contribution in [3.8, 4) is 0 Å². The number of carbonyl (C=O) groups is 2. The van der Waals surface area contributed by atoms with Crippen LogP contribution in [-0.2, 0) is 9.59 Å². The number of rotatable bonds is 2. The zero-order valence-electron chi connectivity index (χ0n) is 12.3. The minimum Gasteiger partial charge on any atom is -0.349 e. The summed E-state index contributed by atoms with van der Waals surface area (Å²) in [5.74, 6) is 0.290. The molecule has 0 heterocycles. The summed E-state index contributed by atoms with van der Waals surface area (Å²) in [7, 11) is 7.12. The molecular formula is C15H24N2O2. The van der Waals surface area contributed by atoms with Gasteiger partial charge in [-0.05, 0) is 24.7 Å². The number of hydrogen-bond acceptors (Lipinski definition) is 2. The molecule has 0 aromatic rings. The fourth-order valence-corrected chi connectivity index (χ4v) is 3.47. The van der Waals surface area contributed by atoms with Crippen molar-refractivity contribution in [3.05, 3.63) is 12.2 Å². The van der Waals surface area contributed by atoms with Crippen LogP contribution in [0.2, 0.25) is 0 Å². The molecule has 4 atom stereocenters. The fraction of sp³-hybridized carbons (Fsp3) is 0.733. The van der Waals surface area contributed by atoms with Crippen LogP contribution in [0.5, 0.6) is 0 Å². The molecule has 1 fully saturated rings. The van der Waals surface area contributed by atoms with Crippen molar-refractivity contribution >= 4 is 11.8 Å². The van der Waals surface area contributed by atoms with Crippen LogP contribution < -0.4 is 0 Å². The smallest absolute Gasteiger partial charge is 0.226 e. The van der Waals surface area contributed by atoms with E-state index in [4.69, 9.17) is 0 Å². The molecule has 4 heteroatoms. The van der Waals surface area contributed by atoms with Crippen LogP contribution in [0.4, 0.5) is 0 Å². The second-order valence-electron chi connectivity index (χ2n) is 6.16. The second kappa shape index (κ2) is 5.35. The third kappa shape index (κ3) is 2.53. The standard InChI is InChI=1S/C15H24N2O2/c1-16(2)14(18)12-10-6-5-7-11(9-8-10)13(12)15(19)17(3)4/h8-13H,5-7H2,1-4H3/t10-,11-,12+,13+/m1/s1. The van der Waals surface area contributed by atoms with Crippen molar-refractivity contribution in [2.24, 2.45) is 23.7 Å². The molecule has 0 aromatic heterocycles. The van der Waals surface area contributed by atoms with Gasteiger partial charge in [0.1, 0.15) is 0 Å². The molecule has 0 radical (unpaired) electrons. The lowest BCUT2D eigenvalue weighted by atomic mass is 9.70. The first kappa shape index (κ1) is 14.1. The highest BCUT2D eigenvalue weighted by Gasteiger charge is 2.47. The van der Waals surface area contributed by atoms with Crippen molar-refractivity contribution in [3.63, 3.8) is 0 Å². The predicted molar refractivity (Wildman–Crippen MR) is 74.3 cm³/mol. The van der Waals surface area contributed by atoms with Gasteiger partial charge in [-0.25, -0.2) is 0 Å². The number of nitrogens with zero attached hydrogens (tertiary/aromatic N) is 2. The van der Waals surface area contributed by atoms with Gasteiger partial charge in [0.15, 0.2) is 0 Å². The van der Waals surface area contributed by atoms with E-state index in [0.717, 1.165) is 19.3 Å². The Morgan fingerprint density at radius 2 is 1.21 bits per heavy atom. The average molecular weight is 264 g/mol. The summed E-state index contributed by atoms with van der Waals surface area (Å²) in [6.45, 7) is 0. The molecule has 0 N–H and O–H groups in total. The van der Waals surface area contributed by atoms with Gasteiger partial charge in [0.25, 0.3) is 0 Å². The van der Waals surface area contributed by atoms with Gasteiger partial charge in [0.2, 0.25) is 11.8 Å². The van der Waals surface area contributed by atoms with E-state index in [-0.39, 0.29) is 35.5 Å². The summed E-state index contributed by atoms with van der Waals surface area (Å²) in [4.78, 5) is 28.3. The van der Waals surface area contributed by atoms with Crippen LogP contribution in [-0.4, -0.2) is 49.8 Å². The SMILES string of the molecule is CN(C)C(=O)[C@@H]1[C@@H](C(=O)N(C)C)[C@H]2C=C[C@H]1CCC2. The molecule has 0 spiro atoms. The summed E-state index contributed by atoms with van der Waals surface area (Å²) < 4.78 is 0. The maximum absolute atomic E-state index is 12.5. The highest BCUT2D eigenvalue weighted by atomic mass is 16.2. The van der Waals surface area contributed by atoms with Crippen molar-refractivity contribution < 1.29 is 9.59 Å². The summed E-state index contributed by atoms with van der Waals surface area (Å²) >= 11 is 0. The van der Waals surface area contributed by atoms with Crippen LogP contribution in [0.1, 0.15) is 19.3 Å². The van der Waals surface area contributed by atoms with Gasteiger partial charge >= 0.3 is 0 Å². The summed E-state index contributed by atoms with van der Waals surface area (Å²) in [6, 6.07) is 0. The Labute approximate surface area is 115 Å². The highest BCUT2D eigenvalue weighted by molar-refractivity contribution is 5.88. The van der Waals surface area contributed by atoms with Crippen molar-refractivity contribution in [1.82, 2.24) is 9.80 Å². The molecule has 0 aliphatic heterocycles. The molecule has 1 saturated carbocycles. The fourth-order valence-electron chi connectivity index (χ4n) is 3.47. The number of hydrogen-bond donors (Lipinski definition) is 0. The normalized spacial score (nSPS) is 32.8. The molecule has 3 aliphatic carbocycles. The number of carbonyl (C=O) groups excluding carboxylic acids is 2. The minimum absolute atomic E-state index is 0.0986. The molecule has 0 unspecified atom stereocenters. The van der Waals surface area contributed by atoms with E-state index in [1.54, 1.807) is 38.0 Å². The Morgan fingerprint density at radius 1 is 0.842 bits per heavy atom. The van der Waals surface area contributed by atoms with E-state index in [1.807, 2.05) is 0 Å². The predicted octanol–water partition coefficient (Wildman–Crippen LogP) is 1.38. The topological polar surface area (TPSA) is 40.6 Å². The molecule has 106 valence electrons. The average Bonchev–Trinajstić information content (AvgIpc) is 2.69. The highest BCUT2D eigenvalue weighted by Crippen LogP contribution is 2.44. The first-order valence-corrected chi connectivity index (χ1v) is 7.04. The molecule has 2 amide bonds. The summed E-state index contributed by atoms with van der Waals surface area (Å²) in [6.07, 6.45) is 7.49. The van der Waals surface area contributed by atoms with Crippen LogP contribution >= 0.6 is 0 Å². The van der Waals surface area contributed by atoms with Crippen LogP contribution in [0, 0.1) is 23.7 Å². The van der Waals surface area contributed by atoms with E-state index in [1.165, 1.54) is 0 Å². The summed E-state index contributed by atoms with van der Waals surface area (Å²) in [5.41, 5.74) is 0. The lowest BCUT2D eigenvalue weighted by Crippen LogP contribution is -2.47. The van der Waals surface area contributed by atoms with Gasteiger partial charge in [-0.1, -0.05) is 18.6 Å². The Kier molecular flexibility index (Phi) is 3.97. The Morgan fingerprint density at radius 3 is 1.53 bits per heavy atom. The van der Waals surface area contributed by atoms with E-state index >= 15 is 0 Å². The quantitative estimate of drug-likeness (QED) is 0.707. The van der Waals surface area contributed by atoms with E-state index in [9.17, 15) is 9.59 Å². The van der Waals surface area contributed by atoms with E-state index in [2.05, 4.69) is 12.2 Å². The second-order valence-corrected chi connectivity index (χ2v) is 6.16. The van der Waals surface area contributed by atoms with E-state index in [0.29, 0.717) is 0 Å². The molecule has 3 aliphatic rings. The number of amides is 2. The molecule has 4 nitrogen and oxygen atoms in total. The third-order valence-corrected chi connectivity index (χ3v) is 4.44. The zero-order valence-corrected chi connectivity index (χ0v) is 12.3. The van der Waals surface area contributed by atoms with Gasteiger partial charge in [0, 0.05) is 28.2 Å². The van der Waals surface area contributed by atoms with Crippen LogP contribution in [0.15, 0.2) is 12.2 Å². The molecule has 0 saturated heterocycles. The monoisotopic (exact) mass is 264 g/mol. The van der Waals surface area contributed by atoms with Gasteiger partial charge in [-0.3, -0.25) is 9.59 Å². The van der Waals surface area contributed by atoms with Gasteiger partial charge < -0.3 is 9.80 Å². The third-order valence-electron chi connectivity index (χ3n) is 4.44. The Balaban J connectivity index is 2.37. The van der Waals surface area contributed by atoms with Gasteiger partial charge in [-0.15, -0.1) is 0 Å². The van der Waals surface area contributed by atoms with Crippen LogP contribution in [0.25, 0.3) is 0 Å². The first-order valence-electron chi connectivity index (χ1n) is 7.04. The summed E-state index contributed by atoms with van der Waals surface area (Å²) in [5, 5.41) is 0. The lowest BCUT2D eigenvalue weighted by Gasteiger charge is -2.37. The minimum atomic E-state index is -0.178. The zero-order chi connectivity index (χ0) is 14.2.